The molecule has 4 nitrogen and oxygen atoms in total. The topological polar surface area (TPSA) is 61.4 Å². The summed E-state index contributed by atoms with van der Waals surface area (Å²) in [6.45, 7) is 7.34. The molecule has 0 saturated heterocycles. The van der Waals surface area contributed by atoms with Crippen molar-refractivity contribution in [1.82, 2.24) is 5.32 Å². The molecule has 0 unspecified atom stereocenters. The number of anilines is 1. The van der Waals surface area contributed by atoms with Gasteiger partial charge in [0.1, 0.15) is 0 Å². The van der Waals surface area contributed by atoms with Crippen LogP contribution in [-0.2, 0) is 5.41 Å². The van der Waals surface area contributed by atoms with Crippen molar-refractivity contribution >= 4 is 23.5 Å². The Morgan fingerprint density at radius 2 is 1.86 bits per heavy atom. The quantitative estimate of drug-likeness (QED) is 0.678. The minimum absolute atomic E-state index is 0.118. The lowest BCUT2D eigenvalue weighted by Crippen LogP contribution is -2.30. The van der Waals surface area contributed by atoms with Crippen LogP contribution < -0.4 is 10.6 Å². The molecule has 0 atom stereocenters. The Morgan fingerprint density at radius 1 is 1.19 bits per heavy atom. The number of rotatable bonds is 7. The molecular weight excluding hydrogens is 284 g/mol. The fourth-order valence-electron chi connectivity index (χ4n) is 1.73. The van der Waals surface area contributed by atoms with Gasteiger partial charge in [-0.25, -0.2) is 4.79 Å². The molecule has 3 N–H and O–H groups in total. The van der Waals surface area contributed by atoms with Crippen molar-refractivity contribution < 1.29 is 9.90 Å². The van der Waals surface area contributed by atoms with Gasteiger partial charge >= 0.3 is 6.03 Å². The van der Waals surface area contributed by atoms with Gasteiger partial charge < -0.3 is 15.7 Å². The highest BCUT2D eigenvalue weighted by Gasteiger charge is 2.13. The van der Waals surface area contributed by atoms with E-state index >= 15 is 0 Å². The van der Waals surface area contributed by atoms with Crippen LogP contribution in [0.1, 0.15) is 32.8 Å². The lowest BCUT2D eigenvalue weighted by atomic mass is 9.87. The van der Waals surface area contributed by atoms with Crippen LogP contribution in [0.25, 0.3) is 0 Å². The van der Waals surface area contributed by atoms with Gasteiger partial charge in [0.25, 0.3) is 0 Å². The normalized spacial score (nSPS) is 11.2. The molecule has 0 spiro atoms. The summed E-state index contributed by atoms with van der Waals surface area (Å²) in [4.78, 5) is 11.7. The van der Waals surface area contributed by atoms with E-state index in [0.717, 1.165) is 23.6 Å². The van der Waals surface area contributed by atoms with Gasteiger partial charge in [-0.2, -0.15) is 11.8 Å². The molecule has 0 aliphatic heterocycles. The molecule has 0 heterocycles. The van der Waals surface area contributed by atoms with Crippen molar-refractivity contribution in [3.05, 3.63) is 29.8 Å². The van der Waals surface area contributed by atoms with Gasteiger partial charge in [-0.05, 0) is 35.3 Å². The van der Waals surface area contributed by atoms with E-state index < -0.39 is 0 Å². The van der Waals surface area contributed by atoms with Gasteiger partial charge in [0.05, 0.1) is 0 Å². The second kappa shape index (κ2) is 8.95. The molecular formula is C16H26N2O2S. The Balaban J connectivity index is 2.28. The van der Waals surface area contributed by atoms with Crippen LogP contribution in [0.2, 0.25) is 0 Å². The average Bonchev–Trinajstić information content (AvgIpc) is 2.42. The largest absolute Gasteiger partial charge is 0.396 e. The number of urea groups is 1. The van der Waals surface area contributed by atoms with Crippen LogP contribution in [0, 0.1) is 0 Å². The zero-order chi connectivity index (χ0) is 15.7. The van der Waals surface area contributed by atoms with Crippen molar-refractivity contribution in [3.8, 4) is 0 Å². The van der Waals surface area contributed by atoms with E-state index in [0.29, 0.717) is 6.54 Å². The van der Waals surface area contributed by atoms with E-state index in [1.54, 1.807) is 11.8 Å². The molecule has 118 valence electrons. The first-order valence-electron chi connectivity index (χ1n) is 7.27. The number of hydrogen-bond acceptors (Lipinski definition) is 3. The first kappa shape index (κ1) is 17.9. The van der Waals surface area contributed by atoms with E-state index in [9.17, 15) is 4.79 Å². The van der Waals surface area contributed by atoms with Crippen LogP contribution in [0.4, 0.5) is 10.5 Å². The third kappa shape index (κ3) is 7.39. The summed E-state index contributed by atoms with van der Waals surface area (Å²) in [6, 6.07) is 7.76. The number of carbonyl (C=O) groups excluding carboxylic acids is 1. The zero-order valence-corrected chi connectivity index (χ0v) is 13.9. The molecule has 0 fully saturated rings. The molecule has 0 radical (unpaired) electrons. The van der Waals surface area contributed by atoms with Gasteiger partial charge in [0, 0.05) is 24.6 Å². The monoisotopic (exact) mass is 310 g/mol. The fraction of sp³-hybridized carbons (Fsp3) is 0.562. The van der Waals surface area contributed by atoms with E-state index in [-0.39, 0.29) is 18.1 Å². The van der Waals surface area contributed by atoms with Crippen LogP contribution in [0.5, 0.6) is 0 Å². The second-order valence-corrected chi connectivity index (χ2v) is 7.12. The van der Waals surface area contributed by atoms with Gasteiger partial charge in [-0.15, -0.1) is 0 Å². The first-order chi connectivity index (χ1) is 9.93. The van der Waals surface area contributed by atoms with Crippen molar-refractivity contribution in [3.63, 3.8) is 0 Å². The number of hydrogen-bond donors (Lipinski definition) is 3. The molecule has 1 aromatic carbocycles. The molecule has 0 bridgehead atoms. The smallest absolute Gasteiger partial charge is 0.319 e. The lowest BCUT2D eigenvalue weighted by molar-refractivity contribution is 0.252. The van der Waals surface area contributed by atoms with Gasteiger partial charge in [0.15, 0.2) is 0 Å². The summed E-state index contributed by atoms with van der Waals surface area (Å²) in [6.07, 6.45) is 0.803. The number of nitrogens with one attached hydrogen (secondary N) is 2. The Kier molecular flexibility index (Phi) is 7.61. The van der Waals surface area contributed by atoms with Crippen LogP contribution in [0.3, 0.4) is 0 Å². The number of benzene rings is 1. The highest BCUT2D eigenvalue weighted by Crippen LogP contribution is 2.23. The summed E-state index contributed by atoms with van der Waals surface area (Å²) in [7, 11) is 0. The van der Waals surface area contributed by atoms with Gasteiger partial charge in [0.2, 0.25) is 0 Å². The lowest BCUT2D eigenvalue weighted by Gasteiger charge is -2.19. The maximum Gasteiger partial charge on any atom is 0.319 e. The second-order valence-electron chi connectivity index (χ2n) is 5.90. The number of aliphatic hydroxyl groups excluding tert-OH is 1. The standard InChI is InChI=1S/C16H26N2O2S/c1-16(2,3)13-5-7-14(8-6-13)18-15(20)17-9-12-21-11-4-10-19/h5-8,19H,4,9-12H2,1-3H3,(H2,17,18,20). The number of amides is 2. The molecule has 1 aromatic rings. The van der Waals surface area contributed by atoms with E-state index in [1.165, 1.54) is 5.56 Å². The maximum absolute atomic E-state index is 11.7. The first-order valence-corrected chi connectivity index (χ1v) is 8.43. The van der Waals surface area contributed by atoms with Crippen molar-refractivity contribution in [1.29, 1.82) is 0 Å². The molecule has 2 amide bonds. The SMILES string of the molecule is CC(C)(C)c1ccc(NC(=O)NCCSCCCO)cc1. The Hall–Kier alpha value is -1.20. The highest BCUT2D eigenvalue weighted by molar-refractivity contribution is 7.99. The Labute approximate surface area is 131 Å². The van der Waals surface area contributed by atoms with E-state index in [1.807, 2.05) is 24.3 Å². The average molecular weight is 310 g/mol. The van der Waals surface area contributed by atoms with Gasteiger partial charge in [-0.1, -0.05) is 32.9 Å². The van der Waals surface area contributed by atoms with Gasteiger partial charge in [-0.3, -0.25) is 0 Å². The van der Waals surface area contributed by atoms with Crippen molar-refractivity contribution in [2.75, 3.05) is 30.0 Å². The molecule has 0 aliphatic carbocycles. The van der Waals surface area contributed by atoms with E-state index in [2.05, 4.69) is 31.4 Å². The third-order valence-electron chi connectivity index (χ3n) is 2.99. The van der Waals surface area contributed by atoms with Crippen LogP contribution >= 0.6 is 11.8 Å². The van der Waals surface area contributed by atoms with Crippen molar-refractivity contribution in [2.24, 2.45) is 0 Å². The Morgan fingerprint density at radius 3 is 2.43 bits per heavy atom. The highest BCUT2D eigenvalue weighted by atomic mass is 32.2. The number of carbonyl (C=O) groups is 1. The summed E-state index contributed by atoms with van der Waals surface area (Å²) in [5.74, 6) is 1.78. The summed E-state index contributed by atoms with van der Waals surface area (Å²) in [5, 5.41) is 14.3. The minimum Gasteiger partial charge on any atom is -0.396 e. The minimum atomic E-state index is -0.179. The molecule has 0 saturated carbocycles. The zero-order valence-electron chi connectivity index (χ0n) is 13.1. The molecule has 0 aromatic heterocycles. The van der Waals surface area contributed by atoms with E-state index in [4.69, 9.17) is 5.11 Å². The number of aliphatic hydroxyl groups is 1. The van der Waals surface area contributed by atoms with Crippen LogP contribution in [-0.4, -0.2) is 35.8 Å². The molecule has 1 rings (SSSR count). The predicted molar refractivity (Wildman–Crippen MR) is 91.2 cm³/mol. The van der Waals surface area contributed by atoms with Crippen molar-refractivity contribution in [2.45, 2.75) is 32.6 Å². The third-order valence-corrected chi connectivity index (χ3v) is 4.06. The summed E-state index contributed by atoms with van der Waals surface area (Å²) < 4.78 is 0. The molecule has 0 aliphatic rings. The predicted octanol–water partition coefficient (Wildman–Crippen LogP) is 3.22. The van der Waals surface area contributed by atoms with Crippen LogP contribution in [0.15, 0.2) is 24.3 Å². The summed E-state index contributed by atoms with van der Waals surface area (Å²) >= 11 is 1.73. The maximum atomic E-state index is 11.7. The fourth-order valence-corrected chi connectivity index (χ4v) is 2.52. The number of thioether (sulfide) groups is 1. The molecule has 21 heavy (non-hydrogen) atoms. The molecule has 5 heteroatoms. The summed E-state index contributed by atoms with van der Waals surface area (Å²) in [5.41, 5.74) is 2.16. The Bertz CT molecular complexity index is 427.